The molecular weight excluding hydrogens is 276 g/mol. The van der Waals surface area contributed by atoms with E-state index in [0.717, 1.165) is 12.1 Å². The topological polar surface area (TPSA) is 26.3 Å². The molecule has 0 bridgehead atoms. The Balaban J connectivity index is 5.84. The Labute approximate surface area is 133 Å². The summed E-state index contributed by atoms with van der Waals surface area (Å²) in [6.07, 6.45) is 0. The minimum atomic E-state index is -2.25. The average Bonchev–Trinajstić information content (AvgIpc) is 2.25. The van der Waals surface area contributed by atoms with E-state index < -0.39 is 8.32 Å². The van der Waals surface area contributed by atoms with Gasteiger partial charge in [0, 0.05) is 5.57 Å². The van der Waals surface area contributed by atoms with E-state index in [1.54, 1.807) is 6.92 Å². The fourth-order valence-corrected chi connectivity index (χ4v) is 8.80. The number of carbonyl (C=O) groups excluding carboxylic acids is 1. The van der Waals surface area contributed by atoms with E-state index in [4.69, 9.17) is 4.43 Å². The first kappa shape index (κ1) is 20.4. The summed E-state index contributed by atoms with van der Waals surface area (Å²) in [5.41, 5.74) is 0.513. The molecule has 0 aliphatic heterocycles. The summed E-state index contributed by atoms with van der Waals surface area (Å²) in [6.45, 7) is 23.5. The van der Waals surface area contributed by atoms with Gasteiger partial charge in [0.1, 0.15) is 0 Å². The zero-order valence-corrected chi connectivity index (χ0v) is 16.7. The van der Waals surface area contributed by atoms with Crippen LogP contribution in [0.25, 0.3) is 0 Å². The lowest BCUT2D eigenvalue weighted by Crippen LogP contribution is -2.53. The second-order valence-electron chi connectivity index (χ2n) is 8.24. The molecule has 124 valence electrons. The second-order valence-corrected chi connectivity index (χ2v) is 12.5. The number of hydrogen-bond donors (Lipinski definition) is 0. The summed E-state index contributed by atoms with van der Waals surface area (Å²) >= 11 is 0. The van der Waals surface area contributed by atoms with Crippen molar-refractivity contribution < 1.29 is 9.22 Å². The van der Waals surface area contributed by atoms with Crippen molar-refractivity contribution in [3.63, 3.8) is 0 Å². The Morgan fingerprint density at radius 2 is 1.43 bits per heavy atom. The molecule has 0 saturated heterocycles. The molecule has 0 spiro atoms. The highest BCUT2D eigenvalue weighted by Crippen LogP contribution is 2.51. The van der Waals surface area contributed by atoms with E-state index in [1.165, 1.54) is 0 Å². The van der Waals surface area contributed by atoms with Gasteiger partial charge in [-0.3, -0.25) is 0 Å². The fourth-order valence-electron chi connectivity index (χ4n) is 2.93. The molecule has 0 aliphatic rings. The van der Waals surface area contributed by atoms with Crippen LogP contribution >= 0.6 is 0 Å². The molecule has 0 atom stereocenters. The monoisotopic (exact) mass is 312 g/mol. The van der Waals surface area contributed by atoms with Crippen LogP contribution in [0.5, 0.6) is 0 Å². The van der Waals surface area contributed by atoms with E-state index >= 15 is 0 Å². The first-order valence-corrected chi connectivity index (χ1v) is 10.6. The van der Waals surface area contributed by atoms with E-state index in [9.17, 15) is 4.79 Å². The van der Waals surface area contributed by atoms with Crippen LogP contribution in [-0.4, -0.2) is 14.3 Å². The van der Waals surface area contributed by atoms with Crippen molar-refractivity contribution in [1.82, 2.24) is 0 Å². The summed E-state index contributed by atoms with van der Waals surface area (Å²) in [7, 11) is -2.25. The van der Waals surface area contributed by atoms with Gasteiger partial charge in [-0.05, 0) is 41.8 Å². The Morgan fingerprint density at radius 1 is 1.05 bits per heavy atom. The number of carbonyl (C=O) groups is 1. The molecule has 0 saturated carbocycles. The molecule has 0 aliphatic carbocycles. The van der Waals surface area contributed by atoms with Gasteiger partial charge >= 0.3 is 5.97 Å². The maximum atomic E-state index is 12.3. The van der Waals surface area contributed by atoms with E-state index in [0.29, 0.717) is 23.3 Å². The molecule has 21 heavy (non-hydrogen) atoms. The minimum absolute atomic E-state index is 0.0483. The van der Waals surface area contributed by atoms with Gasteiger partial charge in [0.25, 0.3) is 8.32 Å². The molecule has 2 nitrogen and oxygen atoms in total. The number of hydrogen-bond acceptors (Lipinski definition) is 2. The zero-order valence-electron chi connectivity index (χ0n) is 15.7. The van der Waals surface area contributed by atoms with Crippen molar-refractivity contribution in [2.75, 3.05) is 0 Å². The molecule has 0 fully saturated rings. The van der Waals surface area contributed by atoms with Crippen LogP contribution in [0.3, 0.4) is 0 Å². The SMILES string of the molecule is C=C(C)C(=O)O[Si](CC(C)C)(CC(C)C)C(C)(C)C(C)C. The van der Waals surface area contributed by atoms with Gasteiger partial charge in [-0.25, -0.2) is 4.79 Å². The molecule has 0 amide bonds. The number of rotatable bonds is 8. The van der Waals surface area contributed by atoms with E-state index in [2.05, 4.69) is 62.0 Å². The molecular formula is C18H36O2Si. The molecule has 0 aromatic carbocycles. The summed E-state index contributed by atoms with van der Waals surface area (Å²) in [6, 6.07) is 2.05. The van der Waals surface area contributed by atoms with Crippen molar-refractivity contribution in [2.24, 2.45) is 17.8 Å². The third-order valence-corrected chi connectivity index (χ3v) is 11.2. The normalized spacial score (nSPS) is 13.1. The summed E-state index contributed by atoms with van der Waals surface area (Å²) in [5.74, 6) is 1.36. The molecule has 0 radical (unpaired) electrons. The average molecular weight is 313 g/mol. The first-order chi connectivity index (χ1) is 9.35. The van der Waals surface area contributed by atoms with Crippen molar-refractivity contribution >= 4 is 14.3 Å². The van der Waals surface area contributed by atoms with Gasteiger partial charge in [0.2, 0.25) is 0 Å². The minimum Gasteiger partial charge on any atom is -0.515 e. The van der Waals surface area contributed by atoms with Crippen LogP contribution in [0.4, 0.5) is 0 Å². The standard InChI is InChI=1S/C18H36O2Si/c1-13(2)11-21(12-14(3)4,18(9,10)16(7)8)20-17(19)15(5)6/h13-14,16H,5,11-12H2,1-4,6-10H3. The van der Waals surface area contributed by atoms with Crippen LogP contribution in [0, 0.1) is 17.8 Å². The highest BCUT2D eigenvalue weighted by molar-refractivity contribution is 6.78. The van der Waals surface area contributed by atoms with Gasteiger partial charge in [-0.2, -0.15) is 0 Å². The molecule has 0 rings (SSSR count). The Kier molecular flexibility index (Phi) is 7.41. The lowest BCUT2D eigenvalue weighted by molar-refractivity contribution is -0.131. The highest BCUT2D eigenvalue weighted by Gasteiger charge is 2.53. The Morgan fingerprint density at radius 3 is 1.67 bits per heavy atom. The molecule has 0 aromatic heterocycles. The summed E-state index contributed by atoms with van der Waals surface area (Å²) in [5, 5.41) is 0.0483. The summed E-state index contributed by atoms with van der Waals surface area (Å²) in [4.78, 5) is 12.3. The fraction of sp³-hybridized carbons (Fsp3) is 0.833. The largest absolute Gasteiger partial charge is 0.515 e. The van der Waals surface area contributed by atoms with E-state index in [-0.39, 0.29) is 11.0 Å². The van der Waals surface area contributed by atoms with Gasteiger partial charge in [0.05, 0.1) is 0 Å². The maximum Gasteiger partial charge on any atom is 0.319 e. The van der Waals surface area contributed by atoms with E-state index in [1.807, 2.05) is 0 Å². The second kappa shape index (κ2) is 7.62. The molecule has 0 unspecified atom stereocenters. The van der Waals surface area contributed by atoms with Crippen molar-refractivity contribution in [3.05, 3.63) is 12.2 Å². The molecule has 0 heterocycles. The van der Waals surface area contributed by atoms with Crippen molar-refractivity contribution in [3.8, 4) is 0 Å². The molecule has 0 N–H and O–H groups in total. The highest BCUT2D eigenvalue weighted by atomic mass is 28.4. The summed E-state index contributed by atoms with van der Waals surface area (Å²) < 4.78 is 6.25. The predicted molar refractivity (Wildman–Crippen MR) is 94.8 cm³/mol. The third-order valence-electron chi connectivity index (χ3n) is 4.73. The zero-order chi connectivity index (χ0) is 17.0. The van der Waals surface area contributed by atoms with Gasteiger partial charge in [-0.1, -0.05) is 62.0 Å². The smallest absolute Gasteiger partial charge is 0.319 e. The Bertz CT molecular complexity index is 357. The third kappa shape index (κ3) is 5.28. The van der Waals surface area contributed by atoms with Gasteiger partial charge in [0.15, 0.2) is 0 Å². The first-order valence-electron chi connectivity index (χ1n) is 8.24. The van der Waals surface area contributed by atoms with Gasteiger partial charge in [-0.15, -0.1) is 0 Å². The van der Waals surface area contributed by atoms with Crippen LogP contribution < -0.4 is 0 Å². The lowest BCUT2D eigenvalue weighted by atomic mass is 9.99. The lowest BCUT2D eigenvalue weighted by Gasteiger charge is -2.48. The van der Waals surface area contributed by atoms with Crippen LogP contribution in [-0.2, 0) is 9.22 Å². The Hall–Kier alpha value is -0.573. The van der Waals surface area contributed by atoms with Crippen LogP contribution in [0.2, 0.25) is 17.1 Å². The van der Waals surface area contributed by atoms with Crippen molar-refractivity contribution in [1.29, 1.82) is 0 Å². The predicted octanol–water partition coefficient (Wildman–Crippen LogP) is 5.80. The van der Waals surface area contributed by atoms with Crippen LogP contribution in [0.15, 0.2) is 12.2 Å². The van der Waals surface area contributed by atoms with Gasteiger partial charge < -0.3 is 4.43 Å². The molecule has 3 heteroatoms. The van der Waals surface area contributed by atoms with Crippen molar-refractivity contribution in [2.45, 2.75) is 79.4 Å². The van der Waals surface area contributed by atoms with Crippen LogP contribution in [0.1, 0.15) is 62.3 Å². The quantitative estimate of drug-likeness (QED) is 0.418. The molecule has 0 aromatic rings. The maximum absolute atomic E-state index is 12.3.